The second kappa shape index (κ2) is 8.76. The van der Waals surface area contributed by atoms with E-state index < -0.39 is 5.91 Å². The van der Waals surface area contributed by atoms with Crippen LogP contribution in [0.4, 0.5) is 11.4 Å². The molecule has 0 aromatic heterocycles. The predicted molar refractivity (Wildman–Crippen MR) is 94.7 cm³/mol. The molecule has 6 heteroatoms. The number of nitrogens with one attached hydrogen (secondary N) is 2. The molecule has 0 heterocycles. The van der Waals surface area contributed by atoms with E-state index in [0.717, 1.165) is 0 Å². The average Bonchev–Trinajstić information content (AvgIpc) is 2.64. The summed E-state index contributed by atoms with van der Waals surface area (Å²) < 4.78 is 5.33. The minimum Gasteiger partial charge on any atom is -0.494 e. The van der Waals surface area contributed by atoms with Gasteiger partial charge in [-0.05, 0) is 43.3 Å². The lowest BCUT2D eigenvalue weighted by Gasteiger charge is -2.07. The van der Waals surface area contributed by atoms with E-state index in [1.54, 1.807) is 48.5 Å². The number of anilines is 2. The Kier molecular flexibility index (Phi) is 6.16. The van der Waals surface area contributed by atoms with Crippen molar-refractivity contribution < 1.29 is 9.53 Å². The first kappa shape index (κ1) is 17.6. The largest absolute Gasteiger partial charge is 0.494 e. The van der Waals surface area contributed by atoms with Gasteiger partial charge in [-0.15, -0.1) is 0 Å². The van der Waals surface area contributed by atoms with Gasteiger partial charge < -0.3 is 15.4 Å². The standard InChI is InChI=1S/C19H16N4O2/c1-2-25-17-9-7-16(8-10-17)23-19(24)15(12-21)13-22-18-6-4-3-5-14(18)11-20/h3-10,13,22H,2H2,1H3,(H,23,24)/b15-13-. The Morgan fingerprint density at radius 2 is 1.88 bits per heavy atom. The molecule has 0 saturated heterocycles. The van der Waals surface area contributed by atoms with E-state index in [0.29, 0.717) is 29.3 Å². The molecular formula is C19H16N4O2. The van der Waals surface area contributed by atoms with Gasteiger partial charge in [-0.3, -0.25) is 4.79 Å². The normalized spacial score (nSPS) is 10.3. The van der Waals surface area contributed by atoms with Crippen LogP contribution in [0.15, 0.2) is 60.3 Å². The predicted octanol–water partition coefficient (Wildman–Crippen LogP) is 3.42. The first-order valence-electron chi connectivity index (χ1n) is 7.58. The highest BCUT2D eigenvalue weighted by Crippen LogP contribution is 2.17. The third kappa shape index (κ3) is 4.85. The van der Waals surface area contributed by atoms with Gasteiger partial charge in [-0.2, -0.15) is 10.5 Å². The molecule has 0 aliphatic heterocycles. The van der Waals surface area contributed by atoms with Crippen molar-refractivity contribution in [1.82, 2.24) is 0 Å². The number of rotatable bonds is 6. The van der Waals surface area contributed by atoms with E-state index >= 15 is 0 Å². The molecule has 1 amide bonds. The molecule has 2 aromatic carbocycles. The van der Waals surface area contributed by atoms with Gasteiger partial charge in [-0.1, -0.05) is 12.1 Å². The Morgan fingerprint density at radius 1 is 1.16 bits per heavy atom. The number of benzene rings is 2. The number of nitrogens with zero attached hydrogens (tertiary/aromatic N) is 2. The fourth-order valence-corrected chi connectivity index (χ4v) is 2.00. The van der Waals surface area contributed by atoms with Crippen LogP contribution in [0.25, 0.3) is 0 Å². The van der Waals surface area contributed by atoms with E-state index in [1.165, 1.54) is 6.20 Å². The van der Waals surface area contributed by atoms with Gasteiger partial charge in [0.05, 0.1) is 17.9 Å². The van der Waals surface area contributed by atoms with Crippen LogP contribution in [0, 0.1) is 22.7 Å². The summed E-state index contributed by atoms with van der Waals surface area (Å²) in [6.07, 6.45) is 1.28. The number of carbonyl (C=O) groups is 1. The topological polar surface area (TPSA) is 97.9 Å². The van der Waals surface area contributed by atoms with Crippen LogP contribution in [-0.2, 0) is 4.79 Å². The maximum absolute atomic E-state index is 12.2. The van der Waals surface area contributed by atoms with E-state index in [9.17, 15) is 10.1 Å². The lowest BCUT2D eigenvalue weighted by Crippen LogP contribution is -2.14. The smallest absolute Gasteiger partial charge is 0.267 e. The summed E-state index contributed by atoms with van der Waals surface area (Å²) in [6, 6.07) is 17.5. The molecule has 0 radical (unpaired) electrons. The molecular weight excluding hydrogens is 316 g/mol. The van der Waals surface area contributed by atoms with E-state index in [4.69, 9.17) is 10.00 Å². The van der Waals surface area contributed by atoms with E-state index in [2.05, 4.69) is 10.6 Å². The quantitative estimate of drug-likeness (QED) is 0.624. The fraction of sp³-hybridized carbons (Fsp3) is 0.105. The lowest BCUT2D eigenvalue weighted by molar-refractivity contribution is -0.112. The zero-order valence-corrected chi connectivity index (χ0v) is 13.6. The van der Waals surface area contributed by atoms with Crippen molar-refractivity contribution in [3.05, 3.63) is 65.9 Å². The van der Waals surface area contributed by atoms with E-state index in [1.807, 2.05) is 19.1 Å². The first-order chi connectivity index (χ1) is 12.2. The Bertz CT molecular complexity index is 858. The lowest BCUT2D eigenvalue weighted by atomic mass is 10.2. The van der Waals surface area contributed by atoms with Crippen molar-refractivity contribution >= 4 is 17.3 Å². The Hall–Kier alpha value is -3.77. The number of nitriles is 2. The van der Waals surface area contributed by atoms with Crippen molar-refractivity contribution in [1.29, 1.82) is 10.5 Å². The summed E-state index contributed by atoms with van der Waals surface area (Å²) in [6.45, 7) is 2.44. The Labute approximate surface area is 146 Å². The molecule has 0 unspecified atom stereocenters. The molecule has 2 aromatic rings. The second-order valence-corrected chi connectivity index (χ2v) is 4.88. The van der Waals surface area contributed by atoms with Gasteiger partial charge in [0, 0.05) is 11.9 Å². The highest BCUT2D eigenvalue weighted by Gasteiger charge is 2.10. The minimum absolute atomic E-state index is 0.110. The van der Waals surface area contributed by atoms with Crippen LogP contribution in [0.1, 0.15) is 12.5 Å². The molecule has 0 atom stereocenters. The van der Waals surface area contributed by atoms with Crippen molar-refractivity contribution in [2.45, 2.75) is 6.92 Å². The van der Waals surface area contributed by atoms with Gasteiger partial charge in [0.1, 0.15) is 23.5 Å². The Morgan fingerprint density at radius 3 is 2.52 bits per heavy atom. The summed E-state index contributed by atoms with van der Waals surface area (Å²) in [4.78, 5) is 12.2. The maximum atomic E-state index is 12.2. The van der Waals surface area contributed by atoms with Crippen LogP contribution >= 0.6 is 0 Å². The number of para-hydroxylation sites is 1. The van der Waals surface area contributed by atoms with Crippen LogP contribution < -0.4 is 15.4 Å². The molecule has 0 aliphatic rings. The van der Waals surface area contributed by atoms with Gasteiger partial charge in [0.25, 0.3) is 5.91 Å². The first-order valence-corrected chi connectivity index (χ1v) is 7.58. The fourth-order valence-electron chi connectivity index (χ4n) is 2.00. The zero-order chi connectivity index (χ0) is 18.1. The van der Waals surface area contributed by atoms with Crippen LogP contribution in [-0.4, -0.2) is 12.5 Å². The molecule has 0 aliphatic carbocycles. The monoisotopic (exact) mass is 332 g/mol. The molecule has 6 nitrogen and oxygen atoms in total. The van der Waals surface area contributed by atoms with Gasteiger partial charge >= 0.3 is 0 Å². The third-order valence-corrected chi connectivity index (χ3v) is 3.21. The molecule has 0 saturated carbocycles. The molecule has 0 bridgehead atoms. The molecule has 2 rings (SSSR count). The number of hydrogen-bond acceptors (Lipinski definition) is 5. The van der Waals surface area contributed by atoms with Crippen molar-refractivity contribution in [3.63, 3.8) is 0 Å². The van der Waals surface area contributed by atoms with Crippen LogP contribution in [0.3, 0.4) is 0 Å². The third-order valence-electron chi connectivity index (χ3n) is 3.21. The number of carbonyl (C=O) groups excluding carboxylic acids is 1. The SMILES string of the molecule is CCOc1ccc(NC(=O)/C(C#N)=C\Nc2ccccc2C#N)cc1. The van der Waals surface area contributed by atoms with Gasteiger partial charge in [0.15, 0.2) is 0 Å². The van der Waals surface area contributed by atoms with Crippen LogP contribution in [0.5, 0.6) is 5.75 Å². The summed E-state index contributed by atoms with van der Waals surface area (Å²) >= 11 is 0. The highest BCUT2D eigenvalue weighted by molar-refractivity contribution is 6.06. The number of hydrogen-bond donors (Lipinski definition) is 2. The summed E-state index contributed by atoms with van der Waals surface area (Å²) in [5, 5.41) is 23.7. The molecule has 25 heavy (non-hydrogen) atoms. The van der Waals surface area contributed by atoms with Crippen molar-refractivity contribution in [2.75, 3.05) is 17.2 Å². The summed E-state index contributed by atoms with van der Waals surface area (Å²) in [7, 11) is 0. The number of amides is 1. The molecule has 0 spiro atoms. The molecule has 124 valence electrons. The maximum Gasteiger partial charge on any atom is 0.267 e. The van der Waals surface area contributed by atoms with Crippen molar-refractivity contribution in [3.8, 4) is 17.9 Å². The number of ether oxygens (including phenoxy) is 1. The average molecular weight is 332 g/mol. The molecule has 0 fully saturated rings. The summed E-state index contributed by atoms with van der Waals surface area (Å²) in [5.74, 6) is 0.153. The van der Waals surface area contributed by atoms with Crippen LogP contribution in [0.2, 0.25) is 0 Å². The van der Waals surface area contributed by atoms with Gasteiger partial charge in [-0.25, -0.2) is 0 Å². The highest BCUT2D eigenvalue weighted by atomic mass is 16.5. The van der Waals surface area contributed by atoms with E-state index in [-0.39, 0.29) is 5.57 Å². The molecule has 2 N–H and O–H groups in total. The second-order valence-electron chi connectivity index (χ2n) is 4.88. The zero-order valence-electron chi connectivity index (χ0n) is 13.6. The Balaban J connectivity index is 2.08. The summed E-state index contributed by atoms with van der Waals surface area (Å²) in [5.41, 5.74) is 1.38. The van der Waals surface area contributed by atoms with Gasteiger partial charge in [0.2, 0.25) is 0 Å². The van der Waals surface area contributed by atoms with Crippen molar-refractivity contribution in [2.24, 2.45) is 0 Å². The minimum atomic E-state index is -0.548.